The molecule has 4 heteroatoms. The number of imidazole rings is 1. The van der Waals surface area contributed by atoms with Gasteiger partial charge in [-0.15, -0.1) is 0 Å². The van der Waals surface area contributed by atoms with Crippen LogP contribution in [0.3, 0.4) is 0 Å². The lowest BCUT2D eigenvalue weighted by Crippen LogP contribution is -2.39. The molecule has 1 aliphatic rings. The molecular weight excluding hydrogens is 288 g/mol. The molecule has 0 radical (unpaired) electrons. The molecule has 0 aliphatic carbocycles. The summed E-state index contributed by atoms with van der Waals surface area (Å²) in [5.41, 5.74) is 2.36. The molecule has 4 nitrogen and oxygen atoms in total. The van der Waals surface area contributed by atoms with E-state index in [-0.39, 0.29) is 6.29 Å². The first-order chi connectivity index (χ1) is 11.4. The van der Waals surface area contributed by atoms with E-state index < -0.39 is 0 Å². The molecule has 1 fully saturated rings. The van der Waals surface area contributed by atoms with Gasteiger partial charge in [0.1, 0.15) is 24.6 Å². The summed E-state index contributed by atoms with van der Waals surface area (Å²) in [7, 11) is 0. The Balaban J connectivity index is 1.75. The fraction of sp³-hybridized carbons (Fsp3) is 0.211. The summed E-state index contributed by atoms with van der Waals surface area (Å²) in [6, 6.07) is 20.7. The van der Waals surface area contributed by atoms with Gasteiger partial charge in [0.05, 0.1) is 13.2 Å². The average molecular weight is 307 g/mol. The van der Waals surface area contributed by atoms with Crippen LogP contribution < -0.4 is 4.57 Å². The lowest BCUT2D eigenvalue weighted by atomic mass is 10.2. The van der Waals surface area contributed by atoms with E-state index in [9.17, 15) is 0 Å². The van der Waals surface area contributed by atoms with Crippen molar-refractivity contribution in [2.45, 2.75) is 12.8 Å². The standard InChI is InChI=1S/C19H19N2O2/c1-3-7-16(8-4-1)15-20-11-12-21(17-9-5-2-6-10-17)18(20)19-22-13-14-23-19/h1-12,19H,13-15H2/q+1. The number of benzene rings is 2. The maximum atomic E-state index is 5.77. The first-order valence-electron chi connectivity index (χ1n) is 7.85. The first-order valence-corrected chi connectivity index (χ1v) is 7.85. The quantitative estimate of drug-likeness (QED) is 0.693. The highest BCUT2D eigenvalue weighted by atomic mass is 16.7. The molecule has 0 amide bonds. The Morgan fingerprint density at radius 3 is 2.26 bits per heavy atom. The summed E-state index contributed by atoms with van der Waals surface area (Å²) in [5.74, 6) is 1.01. The molecule has 0 atom stereocenters. The fourth-order valence-corrected chi connectivity index (χ4v) is 2.92. The van der Waals surface area contributed by atoms with Crippen molar-refractivity contribution in [3.05, 3.63) is 84.4 Å². The minimum atomic E-state index is -0.325. The molecule has 4 rings (SSSR count). The summed E-state index contributed by atoms with van der Waals surface area (Å²) in [6.45, 7) is 2.06. The minimum Gasteiger partial charge on any atom is -0.340 e. The SMILES string of the molecule is c1ccc(C[n+]2ccn(-c3ccccc3)c2C2OCCO2)cc1. The van der Waals surface area contributed by atoms with Gasteiger partial charge in [0.2, 0.25) is 0 Å². The Morgan fingerprint density at radius 2 is 1.57 bits per heavy atom. The van der Waals surface area contributed by atoms with E-state index in [2.05, 4.69) is 57.9 Å². The van der Waals surface area contributed by atoms with Crippen molar-refractivity contribution < 1.29 is 14.0 Å². The van der Waals surface area contributed by atoms with Gasteiger partial charge in [-0.05, 0) is 17.7 Å². The maximum absolute atomic E-state index is 5.77. The van der Waals surface area contributed by atoms with Crippen molar-refractivity contribution in [1.82, 2.24) is 4.57 Å². The summed E-state index contributed by atoms with van der Waals surface area (Å²) in [5, 5.41) is 0. The second-order valence-electron chi connectivity index (χ2n) is 5.55. The number of rotatable bonds is 4. The summed E-state index contributed by atoms with van der Waals surface area (Å²) in [4.78, 5) is 0. The summed E-state index contributed by atoms with van der Waals surface area (Å²) in [6.07, 6.45) is 3.83. The van der Waals surface area contributed by atoms with Gasteiger partial charge >= 0.3 is 5.82 Å². The van der Waals surface area contributed by atoms with Crippen molar-refractivity contribution in [1.29, 1.82) is 0 Å². The highest BCUT2D eigenvalue weighted by Gasteiger charge is 2.32. The van der Waals surface area contributed by atoms with Crippen LogP contribution in [0.25, 0.3) is 5.69 Å². The molecular formula is C19H19N2O2+. The Morgan fingerprint density at radius 1 is 0.913 bits per heavy atom. The summed E-state index contributed by atoms with van der Waals surface area (Å²) < 4.78 is 15.9. The Bertz CT molecular complexity index is 763. The van der Waals surface area contributed by atoms with E-state index >= 15 is 0 Å². The number of nitrogens with zero attached hydrogens (tertiary/aromatic N) is 2. The number of hydrogen-bond donors (Lipinski definition) is 0. The van der Waals surface area contributed by atoms with Crippen molar-refractivity contribution in [2.75, 3.05) is 13.2 Å². The van der Waals surface area contributed by atoms with E-state index in [0.29, 0.717) is 13.2 Å². The Hall–Kier alpha value is -2.43. The number of hydrogen-bond acceptors (Lipinski definition) is 2. The molecule has 0 saturated carbocycles. The van der Waals surface area contributed by atoms with Crippen molar-refractivity contribution in [3.8, 4) is 5.69 Å². The lowest BCUT2D eigenvalue weighted by molar-refractivity contribution is -0.701. The number of aromatic nitrogens is 2. The van der Waals surface area contributed by atoms with Crippen LogP contribution in [-0.4, -0.2) is 17.8 Å². The predicted octanol–water partition coefficient (Wildman–Crippen LogP) is 2.86. The van der Waals surface area contributed by atoms with E-state index in [1.54, 1.807) is 0 Å². The first kappa shape index (κ1) is 14.2. The molecule has 0 unspecified atom stereocenters. The molecule has 1 aliphatic heterocycles. The highest BCUT2D eigenvalue weighted by Crippen LogP contribution is 2.23. The van der Waals surface area contributed by atoms with Crippen LogP contribution in [-0.2, 0) is 16.0 Å². The van der Waals surface area contributed by atoms with Gasteiger partial charge in [-0.1, -0.05) is 48.5 Å². The molecule has 1 aromatic heterocycles. The molecule has 0 bridgehead atoms. The van der Waals surface area contributed by atoms with Crippen molar-refractivity contribution in [3.63, 3.8) is 0 Å². The summed E-state index contributed by atoms with van der Waals surface area (Å²) >= 11 is 0. The molecule has 0 N–H and O–H groups in total. The highest BCUT2D eigenvalue weighted by molar-refractivity contribution is 5.32. The molecule has 0 spiro atoms. The minimum absolute atomic E-state index is 0.325. The third-order valence-electron chi connectivity index (χ3n) is 4.00. The third kappa shape index (κ3) is 2.91. The zero-order chi connectivity index (χ0) is 15.5. The van der Waals surface area contributed by atoms with Crippen LogP contribution in [0.5, 0.6) is 0 Å². The smallest absolute Gasteiger partial charge is 0.319 e. The van der Waals surface area contributed by atoms with E-state index in [4.69, 9.17) is 9.47 Å². The van der Waals surface area contributed by atoms with E-state index in [0.717, 1.165) is 18.1 Å². The fourth-order valence-electron chi connectivity index (χ4n) is 2.92. The van der Waals surface area contributed by atoms with Gasteiger partial charge in [0.25, 0.3) is 6.29 Å². The maximum Gasteiger partial charge on any atom is 0.319 e. The zero-order valence-corrected chi connectivity index (χ0v) is 12.8. The van der Waals surface area contributed by atoms with Crippen LogP contribution >= 0.6 is 0 Å². The van der Waals surface area contributed by atoms with Crippen LogP contribution in [0, 0.1) is 0 Å². The zero-order valence-electron chi connectivity index (χ0n) is 12.8. The predicted molar refractivity (Wildman–Crippen MR) is 86.2 cm³/mol. The van der Waals surface area contributed by atoms with Gasteiger partial charge in [-0.3, -0.25) is 0 Å². The molecule has 2 heterocycles. The molecule has 116 valence electrons. The topological polar surface area (TPSA) is 27.3 Å². The lowest BCUT2D eigenvalue weighted by Gasteiger charge is -2.10. The second-order valence-corrected chi connectivity index (χ2v) is 5.55. The van der Waals surface area contributed by atoms with Crippen LogP contribution in [0.1, 0.15) is 17.7 Å². The molecule has 1 saturated heterocycles. The van der Waals surface area contributed by atoms with Gasteiger partial charge in [-0.2, -0.15) is 4.57 Å². The van der Waals surface area contributed by atoms with Gasteiger partial charge in [0.15, 0.2) is 0 Å². The molecule has 2 aromatic carbocycles. The molecule has 3 aromatic rings. The van der Waals surface area contributed by atoms with Crippen LogP contribution in [0.4, 0.5) is 0 Å². The van der Waals surface area contributed by atoms with E-state index in [1.165, 1.54) is 5.56 Å². The number of ether oxygens (including phenoxy) is 2. The largest absolute Gasteiger partial charge is 0.340 e. The van der Waals surface area contributed by atoms with Crippen molar-refractivity contribution in [2.24, 2.45) is 0 Å². The van der Waals surface area contributed by atoms with Crippen LogP contribution in [0.2, 0.25) is 0 Å². The van der Waals surface area contributed by atoms with Crippen molar-refractivity contribution >= 4 is 0 Å². The van der Waals surface area contributed by atoms with Gasteiger partial charge in [0, 0.05) is 0 Å². The normalized spacial score (nSPS) is 15.1. The molecule has 23 heavy (non-hydrogen) atoms. The van der Waals surface area contributed by atoms with Gasteiger partial charge in [-0.25, -0.2) is 4.57 Å². The van der Waals surface area contributed by atoms with Gasteiger partial charge < -0.3 is 9.47 Å². The third-order valence-corrected chi connectivity index (χ3v) is 4.00. The van der Waals surface area contributed by atoms with E-state index in [1.807, 2.05) is 24.3 Å². The second kappa shape index (κ2) is 6.36. The van der Waals surface area contributed by atoms with Crippen LogP contribution in [0.15, 0.2) is 73.1 Å². The average Bonchev–Trinajstić information content (AvgIpc) is 3.26. The monoisotopic (exact) mass is 307 g/mol. The Kier molecular flexibility index (Phi) is 3.92. The number of para-hydroxylation sites is 1. The Labute approximate surface area is 135 Å².